The van der Waals surface area contributed by atoms with Crippen LogP contribution in [0.4, 0.5) is 10.1 Å². The van der Waals surface area contributed by atoms with Gasteiger partial charge >= 0.3 is 0 Å². The third-order valence-electron chi connectivity index (χ3n) is 4.57. The van der Waals surface area contributed by atoms with E-state index in [1.807, 2.05) is 12.1 Å². The van der Waals surface area contributed by atoms with Crippen LogP contribution in [-0.4, -0.2) is 30.2 Å². The Morgan fingerprint density at radius 1 is 1.08 bits per heavy atom. The number of amides is 2. The average molecular weight is 354 g/mol. The Morgan fingerprint density at radius 2 is 1.77 bits per heavy atom. The summed E-state index contributed by atoms with van der Waals surface area (Å²) >= 11 is 0. The van der Waals surface area contributed by atoms with Crippen molar-refractivity contribution >= 4 is 23.2 Å². The summed E-state index contributed by atoms with van der Waals surface area (Å²) in [5, 5.41) is 4.04. The molecule has 2 aromatic carbocycles. The van der Waals surface area contributed by atoms with Gasteiger partial charge in [-0.1, -0.05) is 5.16 Å². The van der Waals surface area contributed by atoms with E-state index in [9.17, 15) is 14.0 Å². The summed E-state index contributed by atoms with van der Waals surface area (Å²) in [6.45, 7) is 0. The van der Waals surface area contributed by atoms with E-state index in [0.29, 0.717) is 17.1 Å². The van der Waals surface area contributed by atoms with Gasteiger partial charge in [0, 0.05) is 6.42 Å². The monoisotopic (exact) mass is 354 g/mol. The molecule has 2 aliphatic rings. The summed E-state index contributed by atoms with van der Waals surface area (Å²) in [5.74, 6) is -0.614. The molecule has 0 unspecified atom stereocenters. The number of anilines is 1. The summed E-state index contributed by atoms with van der Waals surface area (Å²) in [5.41, 5.74) is 0.374. The topological polar surface area (TPSA) is 68.2 Å². The van der Waals surface area contributed by atoms with Crippen molar-refractivity contribution in [3.05, 3.63) is 59.9 Å². The molecule has 0 aromatic heterocycles. The van der Waals surface area contributed by atoms with Gasteiger partial charge in [0.1, 0.15) is 11.6 Å². The second kappa shape index (κ2) is 5.94. The number of methoxy groups -OCH3 is 1. The summed E-state index contributed by atoms with van der Waals surface area (Å²) in [7, 11) is 1.58. The molecule has 7 heteroatoms. The smallest absolute Gasteiger partial charge is 0.281 e. The molecule has 2 aromatic rings. The van der Waals surface area contributed by atoms with Gasteiger partial charge in [-0.05, 0) is 54.1 Å². The van der Waals surface area contributed by atoms with Crippen molar-refractivity contribution in [2.24, 2.45) is 5.16 Å². The van der Waals surface area contributed by atoms with Crippen molar-refractivity contribution in [1.29, 1.82) is 0 Å². The van der Waals surface area contributed by atoms with Crippen LogP contribution in [0.5, 0.6) is 5.75 Å². The summed E-state index contributed by atoms with van der Waals surface area (Å²) in [4.78, 5) is 31.8. The maximum Gasteiger partial charge on any atom is 0.281 e. The normalized spacial score (nSPS) is 21.9. The fourth-order valence-corrected chi connectivity index (χ4v) is 3.19. The van der Waals surface area contributed by atoms with Crippen LogP contribution in [0.1, 0.15) is 18.4 Å². The molecule has 4 rings (SSSR count). The lowest BCUT2D eigenvalue weighted by Gasteiger charge is -2.19. The minimum Gasteiger partial charge on any atom is -0.497 e. The number of benzene rings is 2. The molecule has 2 heterocycles. The van der Waals surface area contributed by atoms with Crippen molar-refractivity contribution in [3.8, 4) is 5.75 Å². The number of hydrogen-bond donors (Lipinski definition) is 0. The van der Waals surface area contributed by atoms with Crippen molar-refractivity contribution in [2.75, 3.05) is 12.0 Å². The molecular weight excluding hydrogens is 339 g/mol. The molecule has 1 spiro atoms. The van der Waals surface area contributed by atoms with Crippen LogP contribution < -0.4 is 9.64 Å². The minimum atomic E-state index is -1.33. The number of oxime groups is 1. The first-order chi connectivity index (χ1) is 12.5. The van der Waals surface area contributed by atoms with Gasteiger partial charge in [0.15, 0.2) is 0 Å². The van der Waals surface area contributed by atoms with Crippen LogP contribution in [0.2, 0.25) is 0 Å². The molecule has 2 amide bonds. The molecule has 0 radical (unpaired) electrons. The van der Waals surface area contributed by atoms with E-state index in [1.54, 1.807) is 19.2 Å². The highest BCUT2D eigenvalue weighted by Gasteiger charge is 2.58. The Balaban J connectivity index is 1.58. The number of ether oxygens (including phenoxy) is 1. The van der Waals surface area contributed by atoms with Crippen LogP contribution in [-0.2, 0) is 14.4 Å². The van der Waals surface area contributed by atoms with Crippen LogP contribution in [0.3, 0.4) is 0 Å². The maximum absolute atomic E-state index is 13.1. The maximum atomic E-state index is 13.1. The fraction of sp³-hybridized carbons (Fsp3) is 0.211. The van der Waals surface area contributed by atoms with E-state index in [2.05, 4.69) is 5.16 Å². The molecule has 2 aliphatic heterocycles. The van der Waals surface area contributed by atoms with E-state index in [0.717, 1.165) is 10.5 Å². The second-order valence-electron chi connectivity index (χ2n) is 6.22. The number of nitrogens with zero attached hydrogens (tertiary/aromatic N) is 2. The lowest BCUT2D eigenvalue weighted by molar-refractivity contribution is -0.136. The number of hydrogen-bond acceptors (Lipinski definition) is 5. The molecule has 0 N–H and O–H groups in total. The van der Waals surface area contributed by atoms with E-state index in [1.165, 1.54) is 24.3 Å². The number of carbonyl (C=O) groups excluding carboxylic acids is 2. The summed E-state index contributed by atoms with van der Waals surface area (Å²) in [6.07, 6.45) is 0.0912. The molecule has 6 nitrogen and oxygen atoms in total. The number of rotatable bonds is 3. The zero-order valence-corrected chi connectivity index (χ0v) is 13.9. The Bertz CT molecular complexity index is 908. The minimum absolute atomic E-state index is 0.105. The lowest BCUT2D eigenvalue weighted by Crippen LogP contribution is -2.40. The second-order valence-corrected chi connectivity index (χ2v) is 6.22. The molecule has 0 aliphatic carbocycles. The van der Waals surface area contributed by atoms with Crippen LogP contribution in [0.25, 0.3) is 0 Å². The van der Waals surface area contributed by atoms with Gasteiger partial charge in [0.2, 0.25) is 11.5 Å². The van der Waals surface area contributed by atoms with Crippen LogP contribution in [0.15, 0.2) is 53.7 Å². The zero-order chi connectivity index (χ0) is 18.3. The molecular formula is C19H15FN2O4. The van der Waals surface area contributed by atoms with E-state index >= 15 is 0 Å². The van der Waals surface area contributed by atoms with Gasteiger partial charge in [-0.3, -0.25) is 9.59 Å². The molecule has 1 fully saturated rings. The van der Waals surface area contributed by atoms with Crippen molar-refractivity contribution in [1.82, 2.24) is 0 Å². The number of imide groups is 1. The summed E-state index contributed by atoms with van der Waals surface area (Å²) < 4.78 is 18.2. The highest BCUT2D eigenvalue weighted by atomic mass is 19.1. The fourth-order valence-electron chi connectivity index (χ4n) is 3.19. The number of halogens is 1. The van der Waals surface area contributed by atoms with E-state index in [4.69, 9.17) is 9.57 Å². The average Bonchev–Trinajstić information content (AvgIpc) is 3.18. The molecule has 1 atom stereocenters. The van der Waals surface area contributed by atoms with Crippen molar-refractivity contribution < 1.29 is 23.6 Å². The molecule has 26 heavy (non-hydrogen) atoms. The molecule has 132 valence electrons. The van der Waals surface area contributed by atoms with E-state index < -0.39 is 23.2 Å². The standard InChI is InChI=1S/C19H15FN2O4/c1-25-15-8-2-12(3-9-15)16-10-19(26-21-16)11-17(23)22(18(19)24)14-6-4-13(20)5-7-14/h2-9H,10-11H2,1H3/t19-/m0/s1. The quantitative estimate of drug-likeness (QED) is 0.795. The highest BCUT2D eigenvalue weighted by Crippen LogP contribution is 2.39. The summed E-state index contributed by atoms with van der Waals surface area (Å²) in [6, 6.07) is 12.4. The largest absolute Gasteiger partial charge is 0.497 e. The third-order valence-corrected chi connectivity index (χ3v) is 4.57. The first-order valence-corrected chi connectivity index (χ1v) is 8.05. The SMILES string of the molecule is COc1ccc(C2=NO[C@]3(CC(=O)N(c4ccc(F)cc4)C3=O)C2)cc1. The molecule has 0 saturated carbocycles. The highest BCUT2D eigenvalue weighted by molar-refractivity contribution is 6.25. The van der Waals surface area contributed by atoms with Gasteiger partial charge in [-0.15, -0.1) is 0 Å². The molecule has 0 bridgehead atoms. The lowest BCUT2D eigenvalue weighted by atomic mass is 9.92. The van der Waals surface area contributed by atoms with Crippen LogP contribution in [0, 0.1) is 5.82 Å². The van der Waals surface area contributed by atoms with Crippen molar-refractivity contribution in [2.45, 2.75) is 18.4 Å². The van der Waals surface area contributed by atoms with Gasteiger partial charge in [-0.25, -0.2) is 9.29 Å². The Morgan fingerprint density at radius 3 is 2.42 bits per heavy atom. The first kappa shape index (κ1) is 16.3. The van der Waals surface area contributed by atoms with Gasteiger partial charge in [-0.2, -0.15) is 0 Å². The Labute approximate surface area is 148 Å². The Kier molecular flexibility index (Phi) is 3.72. The first-order valence-electron chi connectivity index (χ1n) is 8.05. The Hall–Kier alpha value is -3.22. The molecule has 1 saturated heterocycles. The zero-order valence-electron chi connectivity index (χ0n) is 13.9. The third kappa shape index (κ3) is 2.52. The van der Waals surface area contributed by atoms with Gasteiger partial charge in [0.05, 0.1) is 24.9 Å². The van der Waals surface area contributed by atoms with Gasteiger partial charge < -0.3 is 9.57 Å². The predicted molar refractivity (Wildman–Crippen MR) is 91.5 cm³/mol. The predicted octanol–water partition coefficient (Wildman–Crippen LogP) is 2.66. The number of carbonyl (C=O) groups is 2. The van der Waals surface area contributed by atoms with Crippen molar-refractivity contribution in [3.63, 3.8) is 0 Å². The van der Waals surface area contributed by atoms with E-state index in [-0.39, 0.29) is 12.8 Å². The van der Waals surface area contributed by atoms with Gasteiger partial charge in [0.25, 0.3) is 5.91 Å². The van der Waals surface area contributed by atoms with Crippen LogP contribution >= 0.6 is 0 Å².